The number of nitrogens with zero attached hydrogens (tertiary/aromatic N) is 2. The van der Waals surface area contributed by atoms with E-state index >= 15 is 0 Å². The van der Waals surface area contributed by atoms with Gasteiger partial charge in [-0.15, -0.1) is 0 Å². The number of halogens is 1. The van der Waals surface area contributed by atoms with Crippen molar-refractivity contribution in [3.8, 4) is 11.1 Å². The molecule has 2 rings (SSSR count). The summed E-state index contributed by atoms with van der Waals surface area (Å²) in [4.78, 5) is 0. The Morgan fingerprint density at radius 1 is 1.29 bits per heavy atom. The topological polar surface area (TPSA) is 29.9 Å². The molecular weight excluding hydrogens is 234 g/mol. The number of nitrogens with one attached hydrogen (secondary N) is 1. The van der Waals surface area contributed by atoms with Crippen molar-refractivity contribution >= 4 is 11.6 Å². The summed E-state index contributed by atoms with van der Waals surface area (Å²) in [5, 5.41) is 8.27. The van der Waals surface area contributed by atoms with E-state index in [9.17, 15) is 0 Å². The molecule has 0 fully saturated rings. The first kappa shape index (κ1) is 12.1. The lowest BCUT2D eigenvalue weighted by Crippen LogP contribution is -2.16. The Kier molecular flexibility index (Phi) is 3.82. The minimum absolute atomic E-state index is 0.767. The molecule has 0 amide bonds. The molecule has 1 aromatic carbocycles. The first-order valence-electron chi connectivity index (χ1n) is 5.66. The number of rotatable bonds is 4. The Morgan fingerprint density at radius 3 is 2.76 bits per heavy atom. The summed E-state index contributed by atoms with van der Waals surface area (Å²) in [5.74, 6) is 0. The number of hydrogen-bond donors (Lipinski definition) is 1. The van der Waals surface area contributed by atoms with Crippen molar-refractivity contribution in [1.82, 2.24) is 15.1 Å². The summed E-state index contributed by atoms with van der Waals surface area (Å²) < 4.78 is 2.00. The Bertz CT molecular complexity index is 505. The number of hydrogen-bond acceptors (Lipinski definition) is 2. The zero-order valence-electron chi connectivity index (χ0n) is 10.1. The first-order valence-corrected chi connectivity index (χ1v) is 6.03. The van der Waals surface area contributed by atoms with Crippen LogP contribution in [-0.4, -0.2) is 23.4 Å². The van der Waals surface area contributed by atoms with Crippen molar-refractivity contribution in [3.63, 3.8) is 0 Å². The molecule has 17 heavy (non-hydrogen) atoms. The second-order valence-corrected chi connectivity index (χ2v) is 4.36. The molecule has 2 aromatic rings. The third-order valence-electron chi connectivity index (χ3n) is 2.84. The van der Waals surface area contributed by atoms with Gasteiger partial charge in [0.1, 0.15) is 0 Å². The molecule has 1 N–H and O–H groups in total. The Morgan fingerprint density at radius 2 is 2.06 bits per heavy atom. The van der Waals surface area contributed by atoms with Gasteiger partial charge < -0.3 is 5.32 Å². The van der Waals surface area contributed by atoms with Crippen molar-refractivity contribution in [2.75, 3.05) is 13.6 Å². The molecule has 0 radical (unpaired) electrons. The number of benzene rings is 1. The second kappa shape index (κ2) is 5.34. The van der Waals surface area contributed by atoms with Crippen molar-refractivity contribution in [2.45, 2.75) is 13.5 Å². The van der Waals surface area contributed by atoms with Gasteiger partial charge in [-0.25, -0.2) is 0 Å². The minimum atomic E-state index is 0.767. The van der Waals surface area contributed by atoms with Gasteiger partial charge >= 0.3 is 0 Å². The van der Waals surface area contributed by atoms with Gasteiger partial charge in [0.25, 0.3) is 0 Å². The quantitative estimate of drug-likeness (QED) is 0.903. The van der Waals surface area contributed by atoms with Crippen LogP contribution in [0.1, 0.15) is 5.69 Å². The summed E-state index contributed by atoms with van der Waals surface area (Å²) in [6.45, 7) is 3.85. The van der Waals surface area contributed by atoms with E-state index in [4.69, 9.17) is 11.6 Å². The highest BCUT2D eigenvalue weighted by Gasteiger charge is 2.10. The Hall–Kier alpha value is -1.32. The highest BCUT2D eigenvalue weighted by Crippen LogP contribution is 2.29. The van der Waals surface area contributed by atoms with Gasteiger partial charge in [0.15, 0.2) is 0 Å². The van der Waals surface area contributed by atoms with Crippen LogP contribution in [0.15, 0.2) is 30.5 Å². The highest BCUT2D eigenvalue weighted by molar-refractivity contribution is 6.33. The lowest BCUT2D eigenvalue weighted by Gasteiger charge is -2.06. The van der Waals surface area contributed by atoms with Crippen LogP contribution in [0.4, 0.5) is 0 Å². The van der Waals surface area contributed by atoms with Gasteiger partial charge in [-0.05, 0) is 20.0 Å². The van der Waals surface area contributed by atoms with E-state index in [1.807, 2.05) is 42.2 Å². The largest absolute Gasteiger partial charge is 0.318 e. The fraction of sp³-hybridized carbons (Fsp3) is 0.308. The molecule has 0 spiro atoms. The average molecular weight is 250 g/mol. The molecule has 0 unspecified atom stereocenters. The summed E-state index contributed by atoms with van der Waals surface area (Å²) in [7, 11) is 1.94. The van der Waals surface area contributed by atoms with E-state index in [2.05, 4.69) is 17.3 Å². The monoisotopic (exact) mass is 249 g/mol. The molecular formula is C13H16ClN3. The van der Waals surface area contributed by atoms with E-state index in [-0.39, 0.29) is 0 Å². The average Bonchev–Trinajstić information content (AvgIpc) is 2.69. The number of aromatic nitrogens is 2. The van der Waals surface area contributed by atoms with Crippen molar-refractivity contribution in [3.05, 3.63) is 41.2 Å². The molecule has 0 saturated heterocycles. The smallest absolute Gasteiger partial charge is 0.0571 e. The van der Waals surface area contributed by atoms with Crippen LogP contribution in [0.5, 0.6) is 0 Å². The second-order valence-electron chi connectivity index (χ2n) is 3.95. The molecule has 0 atom stereocenters. The summed E-state index contributed by atoms with van der Waals surface area (Å²) >= 11 is 6.19. The predicted molar refractivity (Wildman–Crippen MR) is 71.3 cm³/mol. The molecule has 0 bridgehead atoms. The fourth-order valence-electron chi connectivity index (χ4n) is 1.83. The molecule has 0 aliphatic rings. The van der Waals surface area contributed by atoms with Gasteiger partial charge in [-0.2, -0.15) is 5.10 Å². The third-order valence-corrected chi connectivity index (χ3v) is 3.17. The van der Waals surface area contributed by atoms with E-state index < -0.39 is 0 Å². The molecule has 4 heteroatoms. The fourth-order valence-corrected chi connectivity index (χ4v) is 2.07. The van der Waals surface area contributed by atoms with Crippen LogP contribution < -0.4 is 5.32 Å². The maximum atomic E-state index is 6.19. The lowest BCUT2D eigenvalue weighted by molar-refractivity contribution is 0.572. The number of likely N-dealkylation sites (N-methyl/N-ethyl adjacent to an activating group) is 1. The zero-order valence-corrected chi connectivity index (χ0v) is 10.8. The Balaban J connectivity index is 2.34. The summed E-state index contributed by atoms with van der Waals surface area (Å²) in [6, 6.07) is 7.86. The van der Waals surface area contributed by atoms with Gasteiger partial charge in [-0.3, -0.25) is 4.68 Å². The van der Waals surface area contributed by atoms with Crippen molar-refractivity contribution in [1.29, 1.82) is 0 Å². The van der Waals surface area contributed by atoms with E-state index in [1.165, 1.54) is 0 Å². The summed E-state index contributed by atoms with van der Waals surface area (Å²) in [6.07, 6.45) is 1.88. The van der Waals surface area contributed by atoms with E-state index in [0.29, 0.717) is 0 Å². The SMILES string of the molecule is CNCCn1ncc(-c2ccccc2Cl)c1C. The first-order chi connectivity index (χ1) is 8.24. The Labute approximate surface area is 106 Å². The molecule has 3 nitrogen and oxygen atoms in total. The highest BCUT2D eigenvalue weighted by atomic mass is 35.5. The van der Waals surface area contributed by atoms with Crippen LogP contribution >= 0.6 is 11.6 Å². The van der Waals surface area contributed by atoms with Gasteiger partial charge in [0.2, 0.25) is 0 Å². The van der Waals surface area contributed by atoms with Crippen LogP contribution in [0, 0.1) is 6.92 Å². The van der Waals surface area contributed by atoms with Crippen LogP contribution in [0.25, 0.3) is 11.1 Å². The van der Waals surface area contributed by atoms with Gasteiger partial charge in [0, 0.05) is 28.4 Å². The van der Waals surface area contributed by atoms with Crippen molar-refractivity contribution < 1.29 is 0 Å². The molecule has 0 aliphatic heterocycles. The third kappa shape index (κ3) is 2.51. The predicted octanol–water partition coefficient (Wildman–Crippen LogP) is 2.73. The van der Waals surface area contributed by atoms with Gasteiger partial charge in [0.05, 0.1) is 12.7 Å². The van der Waals surface area contributed by atoms with E-state index in [0.717, 1.165) is 34.9 Å². The molecule has 0 aliphatic carbocycles. The minimum Gasteiger partial charge on any atom is -0.318 e. The standard InChI is InChI=1S/C13H16ClN3/c1-10-12(9-16-17(10)8-7-15-2)11-5-3-4-6-13(11)14/h3-6,9,15H,7-8H2,1-2H3. The summed E-state index contributed by atoms with van der Waals surface area (Å²) in [5.41, 5.74) is 3.29. The van der Waals surface area contributed by atoms with Crippen LogP contribution in [0.2, 0.25) is 5.02 Å². The van der Waals surface area contributed by atoms with Crippen LogP contribution in [-0.2, 0) is 6.54 Å². The lowest BCUT2D eigenvalue weighted by atomic mass is 10.1. The van der Waals surface area contributed by atoms with E-state index in [1.54, 1.807) is 0 Å². The van der Waals surface area contributed by atoms with Crippen LogP contribution in [0.3, 0.4) is 0 Å². The molecule has 1 aromatic heterocycles. The van der Waals surface area contributed by atoms with Crippen molar-refractivity contribution in [2.24, 2.45) is 0 Å². The normalized spacial score (nSPS) is 10.8. The molecule has 90 valence electrons. The van der Waals surface area contributed by atoms with Gasteiger partial charge in [-0.1, -0.05) is 29.8 Å². The molecule has 1 heterocycles. The maximum absolute atomic E-state index is 6.19. The zero-order chi connectivity index (χ0) is 12.3. The maximum Gasteiger partial charge on any atom is 0.0571 e. The molecule has 0 saturated carbocycles.